The first-order chi connectivity index (χ1) is 7.74. The van der Waals surface area contributed by atoms with Crippen LogP contribution < -0.4 is 10.5 Å². The minimum atomic E-state index is -3.45. The SMILES string of the molecule is Cc1cc(S(=O)(=O)NC(C)C(C)C)ccc1N. The second kappa shape index (κ2) is 5.06. The van der Waals surface area contributed by atoms with E-state index < -0.39 is 10.0 Å². The molecule has 0 bridgehead atoms. The fourth-order valence-electron chi connectivity index (χ4n) is 1.26. The number of benzene rings is 1. The van der Waals surface area contributed by atoms with Crippen LogP contribution in [0, 0.1) is 12.8 Å². The topological polar surface area (TPSA) is 72.2 Å². The molecule has 1 atom stereocenters. The molecule has 17 heavy (non-hydrogen) atoms. The van der Waals surface area contributed by atoms with Gasteiger partial charge in [-0.2, -0.15) is 0 Å². The molecule has 0 spiro atoms. The normalized spacial score (nSPS) is 13.9. The van der Waals surface area contributed by atoms with Gasteiger partial charge in [0.2, 0.25) is 10.0 Å². The monoisotopic (exact) mass is 256 g/mol. The number of hydrogen-bond donors (Lipinski definition) is 2. The molecule has 1 aromatic rings. The Morgan fingerprint density at radius 3 is 2.29 bits per heavy atom. The van der Waals surface area contributed by atoms with Crippen molar-refractivity contribution in [2.45, 2.75) is 38.6 Å². The van der Waals surface area contributed by atoms with Gasteiger partial charge in [0.1, 0.15) is 0 Å². The van der Waals surface area contributed by atoms with E-state index in [-0.39, 0.29) is 16.9 Å². The van der Waals surface area contributed by atoms with Gasteiger partial charge in [-0.15, -0.1) is 0 Å². The van der Waals surface area contributed by atoms with E-state index in [1.807, 2.05) is 20.8 Å². The molecule has 0 aliphatic rings. The standard InChI is InChI=1S/C12H20N2O2S/c1-8(2)10(4)14-17(15,16)11-5-6-12(13)9(3)7-11/h5-8,10,14H,13H2,1-4H3. The Kier molecular flexibility index (Phi) is 4.16. The molecule has 1 unspecified atom stereocenters. The van der Waals surface area contributed by atoms with Crippen LogP contribution in [0.25, 0.3) is 0 Å². The van der Waals surface area contributed by atoms with E-state index >= 15 is 0 Å². The van der Waals surface area contributed by atoms with Crippen molar-refractivity contribution in [2.75, 3.05) is 5.73 Å². The van der Waals surface area contributed by atoms with Crippen LogP contribution in [-0.2, 0) is 10.0 Å². The first-order valence-electron chi connectivity index (χ1n) is 5.62. The quantitative estimate of drug-likeness (QED) is 0.808. The maximum atomic E-state index is 12.1. The van der Waals surface area contributed by atoms with Crippen LogP contribution in [0.5, 0.6) is 0 Å². The summed E-state index contributed by atoms with van der Waals surface area (Å²) in [7, 11) is -3.45. The second-order valence-electron chi connectivity index (χ2n) is 4.67. The van der Waals surface area contributed by atoms with Crippen molar-refractivity contribution in [3.05, 3.63) is 23.8 Å². The molecule has 4 nitrogen and oxygen atoms in total. The molecule has 1 rings (SSSR count). The summed E-state index contributed by atoms with van der Waals surface area (Å²) in [5, 5.41) is 0. The molecule has 0 saturated heterocycles. The molecular weight excluding hydrogens is 236 g/mol. The van der Waals surface area contributed by atoms with Crippen LogP contribution in [0.15, 0.2) is 23.1 Å². The third-order valence-electron chi connectivity index (χ3n) is 2.89. The molecule has 1 aromatic carbocycles. The Balaban J connectivity index is 3.01. The second-order valence-corrected chi connectivity index (χ2v) is 6.39. The lowest BCUT2D eigenvalue weighted by atomic mass is 10.1. The van der Waals surface area contributed by atoms with Gasteiger partial charge in [-0.1, -0.05) is 13.8 Å². The zero-order valence-corrected chi connectivity index (χ0v) is 11.5. The van der Waals surface area contributed by atoms with Gasteiger partial charge in [0.05, 0.1) is 4.90 Å². The maximum Gasteiger partial charge on any atom is 0.240 e. The van der Waals surface area contributed by atoms with Gasteiger partial charge in [0, 0.05) is 11.7 Å². The summed E-state index contributed by atoms with van der Waals surface area (Å²) in [4.78, 5) is 0.261. The number of nitrogens with one attached hydrogen (secondary N) is 1. The van der Waals surface area contributed by atoms with Gasteiger partial charge in [0.15, 0.2) is 0 Å². The summed E-state index contributed by atoms with van der Waals surface area (Å²) >= 11 is 0. The fraction of sp³-hybridized carbons (Fsp3) is 0.500. The van der Waals surface area contributed by atoms with E-state index in [1.165, 1.54) is 6.07 Å². The molecule has 96 valence electrons. The van der Waals surface area contributed by atoms with E-state index in [0.29, 0.717) is 5.69 Å². The van der Waals surface area contributed by atoms with Crippen LogP contribution in [0.3, 0.4) is 0 Å². The molecular formula is C12H20N2O2S. The van der Waals surface area contributed by atoms with Crippen molar-refractivity contribution in [1.29, 1.82) is 0 Å². The smallest absolute Gasteiger partial charge is 0.240 e. The molecule has 0 radical (unpaired) electrons. The van der Waals surface area contributed by atoms with E-state index in [2.05, 4.69) is 4.72 Å². The summed E-state index contributed by atoms with van der Waals surface area (Å²) < 4.78 is 26.8. The van der Waals surface area contributed by atoms with Gasteiger partial charge in [-0.3, -0.25) is 0 Å². The minimum absolute atomic E-state index is 0.0992. The van der Waals surface area contributed by atoms with Gasteiger partial charge in [-0.25, -0.2) is 13.1 Å². The number of aryl methyl sites for hydroxylation is 1. The third-order valence-corrected chi connectivity index (χ3v) is 4.45. The highest BCUT2D eigenvalue weighted by Gasteiger charge is 2.19. The van der Waals surface area contributed by atoms with Crippen molar-refractivity contribution in [2.24, 2.45) is 5.92 Å². The van der Waals surface area contributed by atoms with Crippen LogP contribution >= 0.6 is 0 Å². The molecule has 0 aliphatic heterocycles. The summed E-state index contributed by atoms with van der Waals surface area (Å²) in [6.07, 6.45) is 0. The zero-order chi connectivity index (χ0) is 13.2. The number of nitrogens with two attached hydrogens (primary N) is 1. The number of rotatable bonds is 4. The Morgan fingerprint density at radius 1 is 1.24 bits per heavy atom. The van der Waals surface area contributed by atoms with E-state index in [0.717, 1.165) is 5.56 Å². The maximum absolute atomic E-state index is 12.1. The Bertz CT molecular complexity index is 495. The number of hydrogen-bond acceptors (Lipinski definition) is 3. The Morgan fingerprint density at radius 2 is 1.82 bits per heavy atom. The predicted octanol–water partition coefficient (Wildman–Crippen LogP) is 1.90. The van der Waals surface area contributed by atoms with Gasteiger partial charge < -0.3 is 5.73 Å². The van der Waals surface area contributed by atoms with Crippen molar-refractivity contribution in [3.8, 4) is 0 Å². The van der Waals surface area contributed by atoms with Gasteiger partial charge in [-0.05, 0) is 43.5 Å². The largest absolute Gasteiger partial charge is 0.399 e. The van der Waals surface area contributed by atoms with E-state index in [4.69, 9.17) is 5.73 Å². The Labute approximate surface area is 103 Å². The molecule has 3 N–H and O–H groups in total. The molecule has 0 aliphatic carbocycles. The molecule has 0 aromatic heterocycles. The summed E-state index contributed by atoms with van der Waals surface area (Å²) in [5.74, 6) is 0.250. The van der Waals surface area contributed by atoms with E-state index in [1.54, 1.807) is 19.1 Å². The highest BCUT2D eigenvalue weighted by molar-refractivity contribution is 7.89. The van der Waals surface area contributed by atoms with Gasteiger partial charge >= 0.3 is 0 Å². The molecule has 0 amide bonds. The third kappa shape index (κ3) is 3.44. The predicted molar refractivity (Wildman–Crippen MR) is 70.2 cm³/mol. The molecule has 0 fully saturated rings. The highest BCUT2D eigenvalue weighted by Crippen LogP contribution is 2.17. The summed E-state index contributed by atoms with van der Waals surface area (Å²) in [5.41, 5.74) is 7.03. The summed E-state index contributed by atoms with van der Waals surface area (Å²) in [6, 6.07) is 4.63. The van der Waals surface area contributed by atoms with Crippen LogP contribution in [0.4, 0.5) is 5.69 Å². The number of nitrogen functional groups attached to an aromatic ring is 1. The van der Waals surface area contributed by atoms with Crippen LogP contribution in [0.2, 0.25) is 0 Å². The fourth-order valence-corrected chi connectivity index (χ4v) is 2.74. The van der Waals surface area contributed by atoms with E-state index in [9.17, 15) is 8.42 Å². The average Bonchev–Trinajstić information content (AvgIpc) is 2.21. The zero-order valence-electron chi connectivity index (χ0n) is 10.7. The average molecular weight is 256 g/mol. The minimum Gasteiger partial charge on any atom is -0.399 e. The van der Waals surface area contributed by atoms with Gasteiger partial charge in [0.25, 0.3) is 0 Å². The van der Waals surface area contributed by atoms with Crippen molar-refractivity contribution < 1.29 is 8.42 Å². The lowest BCUT2D eigenvalue weighted by Crippen LogP contribution is -2.36. The number of sulfonamides is 1. The first-order valence-corrected chi connectivity index (χ1v) is 7.11. The molecule has 0 heterocycles. The molecule has 0 saturated carbocycles. The number of anilines is 1. The van der Waals surface area contributed by atoms with Crippen LogP contribution in [0.1, 0.15) is 26.3 Å². The molecule has 5 heteroatoms. The van der Waals surface area contributed by atoms with Crippen molar-refractivity contribution in [1.82, 2.24) is 4.72 Å². The lowest BCUT2D eigenvalue weighted by molar-refractivity contribution is 0.476. The van der Waals surface area contributed by atoms with Crippen molar-refractivity contribution in [3.63, 3.8) is 0 Å². The highest BCUT2D eigenvalue weighted by atomic mass is 32.2. The first kappa shape index (κ1) is 14.0. The van der Waals surface area contributed by atoms with Crippen LogP contribution in [-0.4, -0.2) is 14.5 Å². The lowest BCUT2D eigenvalue weighted by Gasteiger charge is -2.17. The van der Waals surface area contributed by atoms with Crippen molar-refractivity contribution >= 4 is 15.7 Å². The Hall–Kier alpha value is -1.07. The summed E-state index contributed by atoms with van der Waals surface area (Å²) in [6.45, 7) is 7.59.